The van der Waals surface area contributed by atoms with E-state index < -0.39 is 15.9 Å². The normalized spacial score (nSPS) is 14.4. The second kappa shape index (κ2) is 6.83. The molecule has 1 heterocycles. The van der Waals surface area contributed by atoms with Crippen molar-refractivity contribution < 1.29 is 17.6 Å². The lowest BCUT2D eigenvalue weighted by molar-refractivity contribution is 0.1000. The van der Waals surface area contributed by atoms with E-state index in [1.807, 2.05) is 18.2 Å². The third-order valence-corrected chi connectivity index (χ3v) is 5.61. The summed E-state index contributed by atoms with van der Waals surface area (Å²) in [5, 5.41) is 1.23. The number of nitrogens with one attached hydrogen (secondary N) is 1. The Labute approximate surface area is 167 Å². The number of carbonyl (C=O) groups excluding carboxylic acids is 1. The summed E-state index contributed by atoms with van der Waals surface area (Å²) in [4.78, 5) is 12.2. The van der Waals surface area contributed by atoms with Crippen LogP contribution in [0, 0.1) is 0 Å². The average Bonchev–Trinajstić information content (AvgIpc) is 3.36. The van der Waals surface area contributed by atoms with Crippen LogP contribution in [0.3, 0.4) is 0 Å². The summed E-state index contributed by atoms with van der Waals surface area (Å²) in [7, 11) is -3.44. The number of amides is 1. The van der Waals surface area contributed by atoms with Crippen LogP contribution in [0.25, 0.3) is 11.0 Å². The van der Waals surface area contributed by atoms with Crippen LogP contribution in [0.4, 0.5) is 5.69 Å². The van der Waals surface area contributed by atoms with Crippen molar-refractivity contribution in [2.75, 3.05) is 11.0 Å². The van der Waals surface area contributed by atoms with Crippen molar-refractivity contribution in [1.29, 1.82) is 0 Å². The Bertz CT molecular complexity index is 1180. The third-order valence-electron chi connectivity index (χ3n) is 4.77. The maximum absolute atomic E-state index is 12.2. The molecule has 1 aliphatic rings. The first kappa shape index (κ1) is 18.8. The van der Waals surface area contributed by atoms with E-state index in [1.54, 1.807) is 18.2 Å². The van der Waals surface area contributed by atoms with E-state index in [0.29, 0.717) is 39.4 Å². The number of hydrogen-bond donors (Lipinski definition) is 2. The molecule has 4 rings (SSSR count). The Morgan fingerprint density at radius 3 is 2.50 bits per heavy atom. The molecule has 0 spiro atoms. The first-order valence-corrected chi connectivity index (χ1v) is 11.1. The number of sulfonamides is 1. The maximum Gasteiger partial charge on any atom is 0.252 e. The number of anilines is 1. The maximum atomic E-state index is 12.2. The molecule has 28 heavy (non-hydrogen) atoms. The van der Waals surface area contributed by atoms with Gasteiger partial charge in [-0.3, -0.25) is 9.52 Å². The average molecular weight is 419 g/mol. The van der Waals surface area contributed by atoms with Crippen molar-refractivity contribution in [3.8, 4) is 0 Å². The van der Waals surface area contributed by atoms with Crippen LogP contribution < -0.4 is 10.5 Å². The lowest BCUT2D eigenvalue weighted by Gasteiger charge is -2.10. The zero-order valence-corrected chi connectivity index (χ0v) is 16.7. The fraction of sp³-hybridized carbons (Fsp3) is 0.250. The van der Waals surface area contributed by atoms with Crippen LogP contribution in [-0.4, -0.2) is 20.6 Å². The Morgan fingerprint density at radius 1 is 1.25 bits per heavy atom. The second-order valence-corrected chi connectivity index (χ2v) is 9.34. The van der Waals surface area contributed by atoms with Gasteiger partial charge in [0.1, 0.15) is 11.3 Å². The Hall–Kier alpha value is -2.51. The third kappa shape index (κ3) is 3.86. The largest absolute Gasteiger partial charge is 0.460 e. The standard InChI is InChI=1S/C20H19ClN2O4S/c1-28(25,26)23-16-10-17-15(9-14(16)12-4-5-12)19(20(22)24)18(27-17)8-11-2-6-13(21)7-3-11/h2-3,6-7,9-10,12,23H,4-5,8H2,1H3,(H2,22,24). The van der Waals surface area contributed by atoms with Gasteiger partial charge in [-0.05, 0) is 48.1 Å². The summed E-state index contributed by atoms with van der Waals surface area (Å²) in [6.07, 6.45) is 3.44. The fourth-order valence-electron chi connectivity index (χ4n) is 3.41. The van der Waals surface area contributed by atoms with Crippen LogP contribution >= 0.6 is 11.6 Å². The Kier molecular flexibility index (Phi) is 4.59. The molecule has 146 valence electrons. The van der Waals surface area contributed by atoms with E-state index in [1.165, 1.54) is 0 Å². The number of nitrogens with two attached hydrogens (primary N) is 1. The predicted molar refractivity (Wildman–Crippen MR) is 109 cm³/mol. The molecular formula is C20H19ClN2O4S. The molecule has 0 aliphatic heterocycles. The van der Waals surface area contributed by atoms with Crippen LogP contribution in [0.2, 0.25) is 5.02 Å². The summed E-state index contributed by atoms with van der Waals surface area (Å²) in [6, 6.07) is 10.7. The van der Waals surface area contributed by atoms with Gasteiger partial charge in [0.05, 0.1) is 17.5 Å². The van der Waals surface area contributed by atoms with Crippen molar-refractivity contribution in [1.82, 2.24) is 0 Å². The summed E-state index contributed by atoms with van der Waals surface area (Å²) in [5.74, 6) is 0.139. The van der Waals surface area contributed by atoms with E-state index >= 15 is 0 Å². The summed E-state index contributed by atoms with van der Waals surface area (Å²) in [6.45, 7) is 0. The zero-order chi connectivity index (χ0) is 20.1. The number of furan rings is 1. The van der Waals surface area contributed by atoms with Gasteiger partial charge in [-0.1, -0.05) is 23.7 Å². The molecular weight excluding hydrogens is 400 g/mol. The van der Waals surface area contributed by atoms with Gasteiger partial charge in [0.25, 0.3) is 5.91 Å². The topological polar surface area (TPSA) is 102 Å². The Morgan fingerprint density at radius 2 is 1.93 bits per heavy atom. The van der Waals surface area contributed by atoms with E-state index in [-0.39, 0.29) is 5.92 Å². The van der Waals surface area contributed by atoms with E-state index in [9.17, 15) is 13.2 Å². The molecule has 1 saturated carbocycles. The molecule has 6 nitrogen and oxygen atoms in total. The monoisotopic (exact) mass is 418 g/mol. The number of fused-ring (bicyclic) bond motifs is 1. The van der Waals surface area contributed by atoms with Gasteiger partial charge >= 0.3 is 0 Å². The highest BCUT2D eigenvalue weighted by atomic mass is 35.5. The summed E-state index contributed by atoms with van der Waals surface area (Å²) in [5.41, 5.74) is 8.67. The molecule has 0 bridgehead atoms. The van der Waals surface area contributed by atoms with Crippen LogP contribution in [-0.2, 0) is 16.4 Å². The van der Waals surface area contributed by atoms with Gasteiger partial charge in [0.2, 0.25) is 10.0 Å². The number of hydrogen-bond acceptors (Lipinski definition) is 4. The number of carbonyl (C=O) groups is 1. The number of benzene rings is 2. The van der Waals surface area contributed by atoms with Crippen LogP contribution in [0.15, 0.2) is 40.8 Å². The molecule has 3 aromatic rings. The lowest BCUT2D eigenvalue weighted by atomic mass is 10.0. The molecule has 1 aromatic heterocycles. The van der Waals surface area contributed by atoms with Crippen molar-refractivity contribution in [2.24, 2.45) is 5.73 Å². The first-order valence-electron chi connectivity index (χ1n) is 8.82. The molecule has 1 aliphatic carbocycles. The molecule has 1 amide bonds. The van der Waals surface area contributed by atoms with Gasteiger partial charge in [-0.2, -0.15) is 0 Å². The molecule has 0 radical (unpaired) electrons. The van der Waals surface area contributed by atoms with Gasteiger partial charge in [-0.15, -0.1) is 0 Å². The highest BCUT2D eigenvalue weighted by Gasteiger charge is 2.29. The van der Waals surface area contributed by atoms with Gasteiger partial charge in [-0.25, -0.2) is 8.42 Å². The second-order valence-electron chi connectivity index (χ2n) is 7.15. The highest BCUT2D eigenvalue weighted by molar-refractivity contribution is 7.92. The van der Waals surface area contributed by atoms with Crippen molar-refractivity contribution in [3.05, 3.63) is 63.9 Å². The fourth-order valence-corrected chi connectivity index (χ4v) is 4.12. The van der Waals surface area contributed by atoms with Crippen molar-refractivity contribution in [2.45, 2.75) is 25.2 Å². The predicted octanol–water partition coefficient (Wildman–Crippen LogP) is 4.02. The van der Waals surface area contributed by atoms with Gasteiger partial charge in [0.15, 0.2) is 0 Å². The number of rotatable bonds is 6. The van der Waals surface area contributed by atoms with Crippen molar-refractivity contribution in [3.63, 3.8) is 0 Å². The zero-order valence-electron chi connectivity index (χ0n) is 15.2. The van der Waals surface area contributed by atoms with E-state index in [4.69, 9.17) is 21.8 Å². The quantitative estimate of drug-likeness (QED) is 0.630. The number of halogens is 1. The van der Waals surface area contributed by atoms with E-state index in [0.717, 1.165) is 30.2 Å². The van der Waals surface area contributed by atoms with Gasteiger partial charge in [0, 0.05) is 22.9 Å². The van der Waals surface area contributed by atoms with Crippen LogP contribution in [0.5, 0.6) is 0 Å². The molecule has 8 heteroatoms. The highest BCUT2D eigenvalue weighted by Crippen LogP contribution is 2.46. The van der Waals surface area contributed by atoms with Crippen LogP contribution in [0.1, 0.15) is 46.0 Å². The summed E-state index contributed by atoms with van der Waals surface area (Å²) < 4.78 is 32.0. The summed E-state index contributed by atoms with van der Waals surface area (Å²) >= 11 is 5.93. The SMILES string of the molecule is CS(=O)(=O)Nc1cc2oc(Cc3ccc(Cl)cc3)c(C(N)=O)c2cc1C1CC1. The van der Waals surface area contributed by atoms with Gasteiger partial charge < -0.3 is 10.2 Å². The smallest absolute Gasteiger partial charge is 0.252 e. The molecule has 1 fully saturated rings. The van der Waals surface area contributed by atoms with E-state index in [2.05, 4.69) is 4.72 Å². The molecule has 0 atom stereocenters. The lowest BCUT2D eigenvalue weighted by Crippen LogP contribution is -2.13. The minimum Gasteiger partial charge on any atom is -0.460 e. The molecule has 2 aromatic carbocycles. The minimum atomic E-state index is -3.44. The molecule has 3 N–H and O–H groups in total. The van der Waals surface area contributed by atoms with Crippen molar-refractivity contribution >= 4 is 44.2 Å². The molecule has 0 unspecified atom stereocenters. The number of primary amides is 1. The molecule has 0 saturated heterocycles. The Balaban J connectivity index is 1.85. The first-order chi connectivity index (χ1) is 13.2. The minimum absolute atomic E-state index is 0.268.